The monoisotopic (exact) mass is 487 g/mol. The van der Waals surface area contributed by atoms with Gasteiger partial charge in [0.2, 0.25) is 0 Å². The summed E-state index contributed by atoms with van der Waals surface area (Å²) in [5, 5.41) is 1.04. The SMILES string of the molecule is CCOC(=O)C1=C(C)N=c2s/c(=C/c3c(C)[nH]c4ccccc34)c(=O)n2[C@H]1c1ccccc1OC. The number of methoxy groups -OCH3 is 1. The first-order valence-electron chi connectivity index (χ1n) is 11.3. The number of thiazole rings is 1. The number of allylic oxidation sites excluding steroid dienone is 1. The molecule has 1 atom stereocenters. The third-order valence-electron chi connectivity index (χ3n) is 6.17. The number of benzene rings is 2. The number of rotatable bonds is 5. The summed E-state index contributed by atoms with van der Waals surface area (Å²) < 4.78 is 13.1. The van der Waals surface area contributed by atoms with Crippen molar-refractivity contribution in [2.24, 2.45) is 4.99 Å². The van der Waals surface area contributed by atoms with E-state index >= 15 is 0 Å². The lowest BCUT2D eigenvalue weighted by atomic mass is 9.95. The van der Waals surface area contributed by atoms with Gasteiger partial charge in [0.25, 0.3) is 5.56 Å². The number of aromatic amines is 1. The third-order valence-corrected chi connectivity index (χ3v) is 7.15. The second-order valence-electron chi connectivity index (χ2n) is 8.25. The molecule has 1 N–H and O–H groups in total. The van der Waals surface area contributed by atoms with Crippen molar-refractivity contribution >= 4 is 34.3 Å². The zero-order chi connectivity index (χ0) is 24.7. The third kappa shape index (κ3) is 3.80. The predicted octanol–water partition coefficient (Wildman–Crippen LogP) is 3.60. The van der Waals surface area contributed by atoms with Crippen molar-refractivity contribution in [2.75, 3.05) is 13.7 Å². The van der Waals surface area contributed by atoms with Crippen LogP contribution in [0.15, 0.2) is 69.6 Å². The van der Waals surface area contributed by atoms with E-state index in [1.165, 1.54) is 11.3 Å². The van der Waals surface area contributed by atoms with E-state index in [4.69, 9.17) is 9.47 Å². The number of nitrogens with zero attached hydrogens (tertiary/aromatic N) is 2. The first-order valence-corrected chi connectivity index (χ1v) is 12.2. The summed E-state index contributed by atoms with van der Waals surface area (Å²) in [5.74, 6) is 0.0856. The maximum Gasteiger partial charge on any atom is 0.338 e. The summed E-state index contributed by atoms with van der Waals surface area (Å²) >= 11 is 1.31. The number of hydrogen-bond acceptors (Lipinski definition) is 6. The standard InChI is InChI=1S/C27H25N3O4S/c1-5-34-26(32)23-16(3)29-27-30(24(23)18-11-7-9-13-21(18)33-4)25(31)22(35-27)14-19-15(2)28-20-12-8-6-10-17(19)20/h6-14,24,28H,5H2,1-4H3/b22-14+/t24-/m0/s1. The van der Waals surface area contributed by atoms with Crippen LogP contribution in [-0.4, -0.2) is 29.2 Å². The largest absolute Gasteiger partial charge is 0.496 e. The molecule has 0 unspecified atom stereocenters. The van der Waals surface area contributed by atoms with Crippen LogP contribution in [0.3, 0.4) is 0 Å². The molecule has 8 heteroatoms. The lowest BCUT2D eigenvalue weighted by molar-refractivity contribution is -0.139. The first-order chi connectivity index (χ1) is 16.9. The molecule has 0 bridgehead atoms. The molecule has 0 saturated carbocycles. The van der Waals surface area contributed by atoms with Crippen LogP contribution in [0.5, 0.6) is 5.75 Å². The van der Waals surface area contributed by atoms with Gasteiger partial charge in [-0.2, -0.15) is 0 Å². The summed E-state index contributed by atoms with van der Waals surface area (Å²) in [4.78, 5) is 35.5. The van der Waals surface area contributed by atoms with Crippen LogP contribution < -0.4 is 19.6 Å². The Labute approximate surface area is 205 Å². The maximum atomic E-state index is 13.9. The van der Waals surface area contributed by atoms with Crippen LogP contribution in [0.2, 0.25) is 0 Å². The molecule has 0 spiro atoms. The predicted molar refractivity (Wildman–Crippen MR) is 136 cm³/mol. The molecular formula is C27H25N3O4S. The van der Waals surface area contributed by atoms with Crippen molar-refractivity contribution in [2.45, 2.75) is 26.8 Å². The number of para-hydroxylation sites is 2. The minimum Gasteiger partial charge on any atom is -0.496 e. The van der Waals surface area contributed by atoms with Gasteiger partial charge < -0.3 is 14.5 Å². The van der Waals surface area contributed by atoms with Gasteiger partial charge in [-0.3, -0.25) is 9.36 Å². The molecule has 1 aliphatic rings. The molecule has 0 radical (unpaired) electrons. The van der Waals surface area contributed by atoms with E-state index in [-0.39, 0.29) is 12.2 Å². The Morgan fingerprint density at radius 3 is 2.69 bits per heavy atom. The van der Waals surface area contributed by atoms with Crippen LogP contribution in [-0.2, 0) is 9.53 Å². The van der Waals surface area contributed by atoms with Crippen molar-refractivity contribution in [3.8, 4) is 5.75 Å². The van der Waals surface area contributed by atoms with Gasteiger partial charge in [-0.05, 0) is 39.0 Å². The van der Waals surface area contributed by atoms with E-state index in [0.717, 1.165) is 22.2 Å². The lowest BCUT2D eigenvalue weighted by Crippen LogP contribution is -2.40. The minimum atomic E-state index is -0.715. The smallest absolute Gasteiger partial charge is 0.338 e. The number of hydrogen-bond donors (Lipinski definition) is 1. The Morgan fingerprint density at radius 1 is 1.17 bits per heavy atom. The molecule has 5 rings (SSSR count). The molecule has 7 nitrogen and oxygen atoms in total. The molecule has 2 aromatic heterocycles. The van der Waals surface area contributed by atoms with E-state index in [1.807, 2.05) is 61.5 Å². The molecule has 2 aromatic carbocycles. The van der Waals surface area contributed by atoms with E-state index in [2.05, 4.69) is 9.98 Å². The fourth-order valence-electron chi connectivity index (χ4n) is 4.59. The van der Waals surface area contributed by atoms with Gasteiger partial charge in [0.15, 0.2) is 4.80 Å². The van der Waals surface area contributed by atoms with Gasteiger partial charge >= 0.3 is 5.97 Å². The highest BCUT2D eigenvalue weighted by Crippen LogP contribution is 2.35. The fraction of sp³-hybridized carbons (Fsp3) is 0.222. The van der Waals surface area contributed by atoms with E-state index < -0.39 is 12.0 Å². The highest BCUT2D eigenvalue weighted by molar-refractivity contribution is 7.07. The molecule has 0 amide bonds. The summed E-state index contributed by atoms with van der Waals surface area (Å²) in [6, 6.07) is 14.7. The van der Waals surface area contributed by atoms with Crippen LogP contribution in [0, 0.1) is 6.92 Å². The molecular weight excluding hydrogens is 462 g/mol. The van der Waals surface area contributed by atoms with Gasteiger partial charge in [0.1, 0.15) is 11.8 Å². The molecule has 0 saturated heterocycles. The van der Waals surface area contributed by atoms with Crippen molar-refractivity contribution in [3.63, 3.8) is 0 Å². The summed E-state index contributed by atoms with van der Waals surface area (Å²) in [5.41, 5.74) is 4.28. The number of nitrogens with one attached hydrogen (secondary N) is 1. The van der Waals surface area contributed by atoms with E-state index in [0.29, 0.717) is 31.9 Å². The van der Waals surface area contributed by atoms with E-state index in [9.17, 15) is 9.59 Å². The quantitative estimate of drug-likeness (QED) is 0.436. The van der Waals surface area contributed by atoms with Gasteiger partial charge in [0, 0.05) is 27.7 Å². The number of esters is 1. The number of carbonyl (C=O) groups excluding carboxylic acids is 1. The second-order valence-corrected chi connectivity index (χ2v) is 9.26. The van der Waals surface area contributed by atoms with Crippen LogP contribution in [0.25, 0.3) is 17.0 Å². The number of carbonyl (C=O) groups is 1. The lowest BCUT2D eigenvalue weighted by Gasteiger charge is -2.25. The molecule has 178 valence electrons. The maximum absolute atomic E-state index is 13.9. The fourth-order valence-corrected chi connectivity index (χ4v) is 5.62. The average Bonchev–Trinajstić information content (AvgIpc) is 3.34. The molecule has 4 aromatic rings. The number of aromatic nitrogens is 2. The summed E-state index contributed by atoms with van der Waals surface area (Å²) in [6.45, 7) is 5.74. The number of fused-ring (bicyclic) bond motifs is 2. The summed E-state index contributed by atoms with van der Waals surface area (Å²) in [6.07, 6.45) is 1.90. The van der Waals surface area contributed by atoms with Gasteiger partial charge in [-0.15, -0.1) is 0 Å². The van der Waals surface area contributed by atoms with Gasteiger partial charge in [0.05, 0.1) is 29.5 Å². The topological polar surface area (TPSA) is 85.7 Å². The van der Waals surface area contributed by atoms with Crippen molar-refractivity contribution in [3.05, 3.63) is 96.3 Å². The van der Waals surface area contributed by atoms with Gasteiger partial charge in [-0.1, -0.05) is 47.7 Å². The first kappa shape index (κ1) is 22.9. The van der Waals surface area contributed by atoms with Crippen molar-refractivity contribution < 1.29 is 14.3 Å². The summed E-state index contributed by atoms with van der Waals surface area (Å²) in [7, 11) is 1.57. The van der Waals surface area contributed by atoms with Crippen molar-refractivity contribution in [1.29, 1.82) is 0 Å². The Bertz CT molecular complexity index is 1670. The Balaban J connectivity index is 1.79. The van der Waals surface area contributed by atoms with Crippen LogP contribution in [0.4, 0.5) is 0 Å². The molecule has 3 heterocycles. The zero-order valence-electron chi connectivity index (χ0n) is 19.9. The number of H-pyrrole nitrogens is 1. The molecule has 0 fully saturated rings. The zero-order valence-corrected chi connectivity index (χ0v) is 20.7. The van der Waals surface area contributed by atoms with Crippen molar-refractivity contribution in [1.82, 2.24) is 9.55 Å². The Morgan fingerprint density at radius 2 is 1.91 bits per heavy atom. The number of aryl methyl sites for hydroxylation is 1. The average molecular weight is 488 g/mol. The van der Waals surface area contributed by atoms with Gasteiger partial charge in [-0.25, -0.2) is 9.79 Å². The molecule has 35 heavy (non-hydrogen) atoms. The molecule has 1 aliphatic heterocycles. The van der Waals surface area contributed by atoms with E-state index in [1.54, 1.807) is 25.5 Å². The molecule has 0 aliphatic carbocycles. The highest BCUT2D eigenvalue weighted by Gasteiger charge is 2.35. The van der Waals surface area contributed by atoms with Crippen LogP contribution >= 0.6 is 11.3 Å². The number of ether oxygens (including phenoxy) is 2. The Hall–Kier alpha value is -3.91. The second kappa shape index (κ2) is 9.03. The van der Waals surface area contributed by atoms with Crippen LogP contribution in [0.1, 0.15) is 36.7 Å². The normalized spacial score (nSPS) is 15.8. The Kier molecular flexibility index (Phi) is 5.90. The highest BCUT2D eigenvalue weighted by atomic mass is 32.1. The minimum absolute atomic E-state index is 0.219.